The molecule has 0 bridgehead atoms. The number of aromatic carboxylic acids is 1. The summed E-state index contributed by atoms with van der Waals surface area (Å²) in [5.74, 6) is 1.08. The molecule has 1 saturated heterocycles. The van der Waals surface area contributed by atoms with Crippen LogP contribution in [0.4, 0.5) is 10.5 Å². The van der Waals surface area contributed by atoms with Crippen molar-refractivity contribution < 1.29 is 14.7 Å². The molecule has 1 aromatic rings. The van der Waals surface area contributed by atoms with Gasteiger partial charge in [0.15, 0.2) is 0 Å². The van der Waals surface area contributed by atoms with Crippen LogP contribution < -0.4 is 10.2 Å². The maximum Gasteiger partial charge on any atom is 0.335 e. The molecule has 0 aliphatic carbocycles. The van der Waals surface area contributed by atoms with Crippen molar-refractivity contribution >= 4 is 29.4 Å². The Hall–Kier alpha value is -1.69. The van der Waals surface area contributed by atoms with Gasteiger partial charge in [-0.2, -0.15) is 11.8 Å². The average molecular weight is 292 g/mol. The van der Waals surface area contributed by atoms with Crippen molar-refractivity contribution in [3.05, 3.63) is 29.3 Å². The van der Waals surface area contributed by atoms with Gasteiger partial charge in [0.05, 0.1) is 5.56 Å². The highest BCUT2D eigenvalue weighted by atomic mass is 32.2. The number of fused-ring (bicyclic) bond motifs is 1. The molecular formula is C14H16N2O3S. The number of benzene rings is 1. The first-order chi connectivity index (χ1) is 9.65. The summed E-state index contributed by atoms with van der Waals surface area (Å²) in [5.41, 5.74) is 1.99. The zero-order chi connectivity index (χ0) is 14.1. The van der Waals surface area contributed by atoms with Crippen molar-refractivity contribution in [2.24, 2.45) is 0 Å². The Morgan fingerprint density at radius 3 is 2.95 bits per heavy atom. The number of anilines is 1. The molecule has 2 amide bonds. The Kier molecular flexibility index (Phi) is 3.56. The van der Waals surface area contributed by atoms with E-state index < -0.39 is 5.97 Å². The van der Waals surface area contributed by atoms with Crippen LogP contribution in [0.15, 0.2) is 18.2 Å². The fourth-order valence-corrected chi connectivity index (χ4v) is 3.78. The van der Waals surface area contributed by atoms with Crippen LogP contribution in [0, 0.1) is 0 Å². The SMILES string of the molecule is O=C(O)c1ccc2c(c1)N(C(=O)NC1CCSC1)CC2. The fourth-order valence-electron chi connectivity index (χ4n) is 2.62. The van der Waals surface area contributed by atoms with E-state index in [1.807, 2.05) is 11.8 Å². The van der Waals surface area contributed by atoms with Gasteiger partial charge in [-0.3, -0.25) is 4.90 Å². The van der Waals surface area contributed by atoms with E-state index in [1.165, 1.54) is 0 Å². The zero-order valence-corrected chi connectivity index (χ0v) is 11.8. The van der Waals surface area contributed by atoms with Crippen LogP contribution in [0.3, 0.4) is 0 Å². The number of hydrogen-bond acceptors (Lipinski definition) is 3. The number of carbonyl (C=O) groups is 2. The number of nitrogens with zero attached hydrogens (tertiary/aromatic N) is 1. The number of thioether (sulfide) groups is 1. The Balaban J connectivity index is 1.78. The number of nitrogens with one attached hydrogen (secondary N) is 1. The van der Waals surface area contributed by atoms with E-state index in [2.05, 4.69) is 5.32 Å². The lowest BCUT2D eigenvalue weighted by Gasteiger charge is -2.21. The Morgan fingerprint density at radius 2 is 2.25 bits per heavy atom. The van der Waals surface area contributed by atoms with Crippen LogP contribution in [-0.2, 0) is 6.42 Å². The van der Waals surface area contributed by atoms with E-state index in [0.717, 1.165) is 35.6 Å². The maximum atomic E-state index is 12.3. The van der Waals surface area contributed by atoms with Gasteiger partial charge in [-0.15, -0.1) is 0 Å². The fraction of sp³-hybridized carbons (Fsp3) is 0.429. The maximum absolute atomic E-state index is 12.3. The monoisotopic (exact) mass is 292 g/mol. The molecule has 106 valence electrons. The molecule has 1 atom stereocenters. The van der Waals surface area contributed by atoms with Gasteiger partial charge in [0.25, 0.3) is 0 Å². The third kappa shape index (κ3) is 2.47. The average Bonchev–Trinajstić information content (AvgIpc) is 3.06. The van der Waals surface area contributed by atoms with Gasteiger partial charge in [-0.1, -0.05) is 6.07 Å². The molecule has 5 nitrogen and oxygen atoms in total. The highest BCUT2D eigenvalue weighted by Crippen LogP contribution is 2.29. The topological polar surface area (TPSA) is 69.6 Å². The first-order valence-corrected chi connectivity index (χ1v) is 7.82. The van der Waals surface area contributed by atoms with E-state index in [9.17, 15) is 9.59 Å². The molecular weight excluding hydrogens is 276 g/mol. The molecule has 0 aromatic heterocycles. The van der Waals surface area contributed by atoms with Gasteiger partial charge in [-0.05, 0) is 36.3 Å². The van der Waals surface area contributed by atoms with Crippen molar-refractivity contribution in [2.75, 3.05) is 23.0 Å². The summed E-state index contributed by atoms with van der Waals surface area (Å²) in [6, 6.07) is 5.11. The molecule has 2 N–H and O–H groups in total. The number of rotatable bonds is 2. The van der Waals surface area contributed by atoms with E-state index in [-0.39, 0.29) is 17.6 Å². The molecule has 1 aromatic carbocycles. The minimum absolute atomic E-state index is 0.112. The number of urea groups is 1. The summed E-state index contributed by atoms with van der Waals surface area (Å²) in [6.45, 7) is 0.615. The normalized spacial score (nSPS) is 20.8. The van der Waals surface area contributed by atoms with Crippen molar-refractivity contribution in [3.8, 4) is 0 Å². The predicted molar refractivity (Wildman–Crippen MR) is 78.7 cm³/mol. The summed E-state index contributed by atoms with van der Waals surface area (Å²) >= 11 is 1.85. The predicted octanol–water partition coefficient (Wildman–Crippen LogP) is 1.96. The molecule has 0 spiro atoms. The van der Waals surface area contributed by atoms with Crippen molar-refractivity contribution in [1.82, 2.24) is 5.32 Å². The van der Waals surface area contributed by atoms with E-state index in [1.54, 1.807) is 23.1 Å². The minimum Gasteiger partial charge on any atom is -0.478 e. The smallest absolute Gasteiger partial charge is 0.335 e. The van der Waals surface area contributed by atoms with Gasteiger partial charge in [0.2, 0.25) is 0 Å². The van der Waals surface area contributed by atoms with Crippen LogP contribution in [0.5, 0.6) is 0 Å². The standard InChI is InChI=1S/C14H16N2O3S/c17-13(18)10-2-1-9-3-5-16(12(9)7-10)14(19)15-11-4-6-20-8-11/h1-2,7,11H,3-6,8H2,(H,15,19)(H,17,18). The molecule has 1 unspecified atom stereocenters. The summed E-state index contributed by atoms with van der Waals surface area (Å²) in [5, 5.41) is 12.1. The van der Waals surface area contributed by atoms with Crippen LogP contribution in [0.25, 0.3) is 0 Å². The largest absolute Gasteiger partial charge is 0.478 e. The third-order valence-electron chi connectivity index (χ3n) is 3.73. The van der Waals surface area contributed by atoms with Crippen molar-refractivity contribution in [1.29, 1.82) is 0 Å². The van der Waals surface area contributed by atoms with Gasteiger partial charge >= 0.3 is 12.0 Å². The molecule has 1 fully saturated rings. The first-order valence-electron chi connectivity index (χ1n) is 6.67. The molecule has 6 heteroatoms. The Labute approximate surface area is 121 Å². The number of carbonyl (C=O) groups excluding carboxylic acids is 1. The van der Waals surface area contributed by atoms with Crippen molar-refractivity contribution in [3.63, 3.8) is 0 Å². The Bertz CT molecular complexity index is 555. The summed E-state index contributed by atoms with van der Waals surface area (Å²) in [4.78, 5) is 25.0. The van der Waals surface area contributed by atoms with Gasteiger partial charge in [0.1, 0.15) is 0 Å². The highest BCUT2D eigenvalue weighted by Gasteiger charge is 2.28. The quantitative estimate of drug-likeness (QED) is 0.874. The van der Waals surface area contributed by atoms with E-state index in [4.69, 9.17) is 5.11 Å². The second-order valence-electron chi connectivity index (χ2n) is 5.06. The number of hydrogen-bond donors (Lipinski definition) is 2. The first kappa shape index (κ1) is 13.3. The number of carboxylic acid groups (broad SMARTS) is 1. The van der Waals surface area contributed by atoms with Crippen molar-refractivity contribution in [2.45, 2.75) is 18.9 Å². The lowest BCUT2D eigenvalue weighted by molar-refractivity contribution is 0.0697. The molecule has 20 heavy (non-hydrogen) atoms. The molecule has 0 saturated carbocycles. The lowest BCUT2D eigenvalue weighted by atomic mass is 10.1. The molecule has 0 radical (unpaired) electrons. The summed E-state index contributed by atoms with van der Waals surface area (Å²) in [7, 11) is 0. The summed E-state index contributed by atoms with van der Waals surface area (Å²) in [6.07, 6.45) is 1.79. The lowest BCUT2D eigenvalue weighted by Crippen LogP contribution is -2.44. The number of carboxylic acids is 1. The molecule has 2 aliphatic rings. The zero-order valence-electron chi connectivity index (χ0n) is 11.0. The van der Waals surface area contributed by atoms with Crippen LogP contribution in [-0.4, -0.2) is 41.2 Å². The van der Waals surface area contributed by atoms with Gasteiger partial charge < -0.3 is 10.4 Å². The van der Waals surface area contributed by atoms with Gasteiger partial charge in [0, 0.05) is 24.0 Å². The Morgan fingerprint density at radius 1 is 1.40 bits per heavy atom. The molecule has 3 rings (SSSR count). The molecule has 2 aliphatic heterocycles. The van der Waals surface area contributed by atoms with E-state index in [0.29, 0.717) is 6.54 Å². The highest BCUT2D eigenvalue weighted by molar-refractivity contribution is 7.99. The second kappa shape index (κ2) is 5.36. The van der Waals surface area contributed by atoms with E-state index >= 15 is 0 Å². The second-order valence-corrected chi connectivity index (χ2v) is 6.21. The molecule has 2 heterocycles. The van der Waals surface area contributed by atoms with Gasteiger partial charge in [-0.25, -0.2) is 9.59 Å². The van der Waals surface area contributed by atoms with Crippen LogP contribution in [0.1, 0.15) is 22.3 Å². The summed E-state index contributed by atoms with van der Waals surface area (Å²) < 4.78 is 0. The van der Waals surface area contributed by atoms with Crippen LogP contribution >= 0.6 is 11.8 Å². The minimum atomic E-state index is -0.966. The third-order valence-corrected chi connectivity index (χ3v) is 4.89. The number of amides is 2. The van der Waals surface area contributed by atoms with Crippen LogP contribution in [0.2, 0.25) is 0 Å².